The van der Waals surface area contributed by atoms with Gasteiger partial charge in [0.1, 0.15) is 11.5 Å². The fourth-order valence-corrected chi connectivity index (χ4v) is 3.42. The predicted octanol–water partition coefficient (Wildman–Crippen LogP) is 5.12. The Bertz CT molecular complexity index is 1060. The largest absolute Gasteiger partial charge is 0.414 e. The number of carbonyl (C=O) groups is 1. The number of nitrogens with one attached hydrogen (secondary N) is 1. The fraction of sp³-hybridized carbons (Fsp3) is 0.261. The minimum Gasteiger partial charge on any atom is -0.334 e. The van der Waals surface area contributed by atoms with Gasteiger partial charge in [-0.05, 0) is 60.2 Å². The molecule has 8 heteroatoms. The molecule has 1 aromatic carbocycles. The molecule has 4 nitrogen and oxygen atoms in total. The number of halogens is 4. The standard InChI is InChI=1S/C23H19F4N3O/c24-16-8-4-14(5-9-16)13-20-17(15-6-7-15)10-11-19(29-20)22(31)30-21(23(25,26)27)18-3-1-2-12-28-18/h1-5,8-12,15,21H,6-7,13H2,(H,30,31)/t21-/m0/s1. The molecule has 1 atom stereocenters. The first-order chi connectivity index (χ1) is 14.8. The Labute approximate surface area is 176 Å². The molecule has 0 unspecified atom stereocenters. The van der Waals surface area contributed by atoms with E-state index in [9.17, 15) is 22.4 Å². The number of hydrogen-bond donors (Lipinski definition) is 1. The van der Waals surface area contributed by atoms with Crippen LogP contribution in [0.1, 0.15) is 57.8 Å². The number of nitrogens with zero attached hydrogens (tertiary/aromatic N) is 2. The molecule has 0 saturated heterocycles. The van der Waals surface area contributed by atoms with Crippen molar-refractivity contribution >= 4 is 5.91 Å². The molecule has 0 spiro atoms. The van der Waals surface area contributed by atoms with Crippen molar-refractivity contribution in [2.45, 2.75) is 37.4 Å². The van der Waals surface area contributed by atoms with Crippen LogP contribution in [0.4, 0.5) is 17.6 Å². The van der Waals surface area contributed by atoms with Crippen LogP contribution < -0.4 is 5.32 Å². The van der Waals surface area contributed by atoms with Crippen LogP contribution in [0.2, 0.25) is 0 Å². The van der Waals surface area contributed by atoms with Crippen molar-refractivity contribution in [1.29, 1.82) is 0 Å². The lowest BCUT2D eigenvalue weighted by molar-refractivity contribution is -0.156. The molecule has 0 aliphatic heterocycles. The van der Waals surface area contributed by atoms with E-state index >= 15 is 0 Å². The topological polar surface area (TPSA) is 54.9 Å². The van der Waals surface area contributed by atoms with Gasteiger partial charge >= 0.3 is 6.18 Å². The van der Waals surface area contributed by atoms with Crippen LogP contribution in [0.15, 0.2) is 60.8 Å². The third kappa shape index (κ3) is 5.07. The maximum absolute atomic E-state index is 13.6. The highest BCUT2D eigenvalue weighted by molar-refractivity contribution is 5.92. The van der Waals surface area contributed by atoms with Gasteiger partial charge in [-0.15, -0.1) is 0 Å². The summed E-state index contributed by atoms with van der Waals surface area (Å²) in [5.41, 5.74) is 1.98. The van der Waals surface area contributed by atoms with Crippen LogP contribution in [0, 0.1) is 5.82 Å². The third-order valence-electron chi connectivity index (χ3n) is 5.13. The van der Waals surface area contributed by atoms with E-state index in [-0.39, 0.29) is 17.2 Å². The van der Waals surface area contributed by atoms with Gasteiger partial charge in [0.15, 0.2) is 6.04 Å². The predicted molar refractivity (Wildman–Crippen MR) is 106 cm³/mol. The van der Waals surface area contributed by atoms with E-state index in [0.717, 1.165) is 24.0 Å². The zero-order valence-corrected chi connectivity index (χ0v) is 16.4. The van der Waals surface area contributed by atoms with Gasteiger partial charge < -0.3 is 5.32 Å². The lowest BCUT2D eigenvalue weighted by Gasteiger charge is -2.21. The summed E-state index contributed by atoms with van der Waals surface area (Å²) < 4.78 is 53.9. The quantitative estimate of drug-likeness (QED) is 0.554. The monoisotopic (exact) mass is 429 g/mol. The number of hydrogen-bond acceptors (Lipinski definition) is 3. The molecule has 3 aromatic rings. The molecule has 4 rings (SSSR count). The summed E-state index contributed by atoms with van der Waals surface area (Å²) in [6, 6.07) is 11.0. The second kappa shape index (κ2) is 8.45. The van der Waals surface area contributed by atoms with E-state index in [2.05, 4.69) is 9.97 Å². The second-order valence-corrected chi connectivity index (χ2v) is 7.51. The number of benzene rings is 1. The zero-order valence-electron chi connectivity index (χ0n) is 16.4. The molecule has 1 aliphatic carbocycles. The van der Waals surface area contributed by atoms with Crippen molar-refractivity contribution < 1.29 is 22.4 Å². The first kappa shape index (κ1) is 21.0. The number of amides is 1. The van der Waals surface area contributed by atoms with Crippen LogP contribution in [0.5, 0.6) is 0 Å². The molecule has 1 fully saturated rings. The van der Waals surface area contributed by atoms with Gasteiger partial charge in [-0.1, -0.05) is 24.3 Å². The summed E-state index contributed by atoms with van der Waals surface area (Å²) in [4.78, 5) is 20.8. The van der Waals surface area contributed by atoms with Crippen molar-refractivity contribution in [3.05, 3.63) is 94.8 Å². The van der Waals surface area contributed by atoms with Crippen molar-refractivity contribution in [2.75, 3.05) is 0 Å². The van der Waals surface area contributed by atoms with Crippen molar-refractivity contribution in [1.82, 2.24) is 15.3 Å². The highest BCUT2D eigenvalue weighted by Gasteiger charge is 2.43. The summed E-state index contributed by atoms with van der Waals surface area (Å²) >= 11 is 0. The average Bonchev–Trinajstić information content (AvgIpc) is 3.58. The Balaban J connectivity index is 1.61. The van der Waals surface area contributed by atoms with Gasteiger partial charge in [-0.25, -0.2) is 9.37 Å². The van der Waals surface area contributed by atoms with Gasteiger partial charge in [0.05, 0.1) is 5.69 Å². The summed E-state index contributed by atoms with van der Waals surface area (Å²) in [6.07, 6.45) is -1.12. The number of rotatable bonds is 6. The van der Waals surface area contributed by atoms with E-state index in [1.807, 2.05) is 5.32 Å². The Kier molecular flexibility index (Phi) is 5.71. The maximum atomic E-state index is 13.6. The molecular weight excluding hydrogens is 410 g/mol. The molecule has 0 radical (unpaired) electrons. The third-order valence-corrected chi connectivity index (χ3v) is 5.13. The van der Waals surface area contributed by atoms with Gasteiger partial charge in [-0.2, -0.15) is 13.2 Å². The SMILES string of the molecule is O=C(N[C@@H](c1ccccn1)C(F)(F)F)c1ccc(C2CC2)c(Cc2ccc(F)cc2)n1. The van der Waals surface area contributed by atoms with Gasteiger partial charge in [0, 0.05) is 18.3 Å². The first-order valence-electron chi connectivity index (χ1n) is 9.84. The molecular formula is C23H19F4N3O. The van der Waals surface area contributed by atoms with Crippen LogP contribution in [-0.2, 0) is 6.42 Å². The maximum Gasteiger partial charge on any atom is 0.414 e. The lowest BCUT2D eigenvalue weighted by Crippen LogP contribution is -2.39. The molecule has 1 aliphatic rings. The van der Waals surface area contributed by atoms with Crippen molar-refractivity contribution in [3.63, 3.8) is 0 Å². The van der Waals surface area contributed by atoms with E-state index in [1.165, 1.54) is 42.6 Å². The van der Waals surface area contributed by atoms with Gasteiger partial charge in [0.2, 0.25) is 0 Å². The number of alkyl halides is 3. The summed E-state index contributed by atoms with van der Waals surface area (Å²) in [5, 5.41) is 2.01. The minimum absolute atomic E-state index is 0.105. The molecule has 2 heterocycles. The molecule has 2 aromatic heterocycles. The summed E-state index contributed by atoms with van der Waals surface area (Å²) in [7, 11) is 0. The van der Waals surface area contributed by atoms with E-state index in [4.69, 9.17) is 0 Å². The van der Waals surface area contributed by atoms with E-state index in [0.29, 0.717) is 18.0 Å². The summed E-state index contributed by atoms with van der Waals surface area (Å²) in [6.45, 7) is 0. The zero-order chi connectivity index (χ0) is 22.0. The molecule has 31 heavy (non-hydrogen) atoms. The minimum atomic E-state index is -4.71. The summed E-state index contributed by atoms with van der Waals surface area (Å²) in [5.74, 6) is -0.966. The van der Waals surface area contributed by atoms with Crippen LogP contribution in [0.25, 0.3) is 0 Å². The highest BCUT2D eigenvalue weighted by Crippen LogP contribution is 2.41. The second-order valence-electron chi connectivity index (χ2n) is 7.51. The Morgan fingerprint density at radius 2 is 1.81 bits per heavy atom. The Morgan fingerprint density at radius 3 is 2.42 bits per heavy atom. The Hall–Kier alpha value is -3.29. The molecule has 1 N–H and O–H groups in total. The molecule has 1 amide bonds. The first-order valence-corrected chi connectivity index (χ1v) is 9.84. The van der Waals surface area contributed by atoms with Crippen LogP contribution >= 0.6 is 0 Å². The molecule has 1 saturated carbocycles. The molecule has 160 valence electrons. The Morgan fingerprint density at radius 1 is 1.06 bits per heavy atom. The average molecular weight is 429 g/mol. The smallest absolute Gasteiger partial charge is 0.334 e. The fourth-order valence-electron chi connectivity index (χ4n) is 3.42. The highest BCUT2D eigenvalue weighted by atomic mass is 19.4. The number of aromatic nitrogens is 2. The van der Waals surface area contributed by atoms with E-state index < -0.39 is 18.1 Å². The van der Waals surface area contributed by atoms with Crippen LogP contribution in [0.3, 0.4) is 0 Å². The van der Waals surface area contributed by atoms with Crippen molar-refractivity contribution in [3.8, 4) is 0 Å². The lowest BCUT2D eigenvalue weighted by atomic mass is 10.0. The van der Waals surface area contributed by atoms with Gasteiger partial charge in [0.25, 0.3) is 5.91 Å². The normalized spacial score (nSPS) is 14.8. The number of pyridine rings is 2. The van der Waals surface area contributed by atoms with Crippen LogP contribution in [-0.4, -0.2) is 22.1 Å². The van der Waals surface area contributed by atoms with Gasteiger partial charge in [-0.3, -0.25) is 9.78 Å². The number of carbonyl (C=O) groups excluding carboxylic acids is 1. The molecule has 0 bridgehead atoms. The van der Waals surface area contributed by atoms with Crippen molar-refractivity contribution in [2.24, 2.45) is 0 Å². The van der Waals surface area contributed by atoms with E-state index in [1.54, 1.807) is 18.2 Å².